The molecule has 3 rings (SSSR count). The molecule has 0 unspecified atom stereocenters. The van der Waals surface area contributed by atoms with Crippen molar-refractivity contribution in [3.63, 3.8) is 0 Å². The minimum Gasteiger partial charge on any atom is -0.462 e. The molecule has 0 saturated carbocycles. The molecule has 1 aromatic heterocycles. The highest BCUT2D eigenvalue weighted by Crippen LogP contribution is 2.40. The Kier molecular flexibility index (Phi) is 6.00. The largest absolute Gasteiger partial charge is 0.462 e. The van der Waals surface area contributed by atoms with Crippen molar-refractivity contribution in [3.8, 4) is 0 Å². The quantitative estimate of drug-likeness (QED) is 0.421. The van der Waals surface area contributed by atoms with Crippen molar-refractivity contribution < 1.29 is 19.2 Å². The number of fused-ring (bicyclic) bond motifs is 1. The highest BCUT2D eigenvalue weighted by atomic mass is 35.5. The van der Waals surface area contributed by atoms with E-state index in [0.717, 1.165) is 29.7 Å². The second-order valence-electron chi connectivity index (χ2n) is 6.65. The first-order valence-corrected chi connectivity index (χ1v) is 10.1. The molecule has 1 heterocycles. The molecule has 0 aliphatic heterocycles. The van der Waals surface area contributed by atoms with Crippen molar-refractivity contribution in [3.05, 3.63) is 54.9 Å². The Morgan fingerprint density at radius 2 is 2.18 bits per heavy atom. The molecule has 1 aromatic carbocycles. The van der Waals surface area contributed by atoms with E-state index in [0.29, 0.717) is 16.5 Å². The third-order valence-corrected chi connectivity index (χ3v) is 6.02. The SMILES string of the molecule is CCOC(=O)c1c(NC(=O)c2cc(Cl)ccc2[N+](=O)[O-])sc2c1CC[C@@H](C)C2. The first kappa shape index (κ1) is 20.3. The number of hydrogen-bond acceptors (Lipinski definition) is 6. The molecule has 1 aliphatic rings. The number of ether oxygens (including phenoxy) is 1. The van der Waals surface area contributed by atoms with E-state index in [-0.39, 0.29) is 22.9 Å². The minimum absolute atomic E-state index is 0.160. The van der Waals surface area contributed by atoms with E-state index < -0.39 is 16.8 Å². The van der Waals surface area contributed by atoms with Gasteiger partial charge in [0.05, 0.1) is 17.1 Å². The van der Waals surface area contributed by atoms with E-state index in [1.165, 1.54) is 29.5 Å². The molecule has 0 saturated heterocycles. The fourth-order valence-electron chi connectivity index (χ4n) is 3.28. The molecule has 7 nitrogen and oxygen atoms in total. The second kappa shape index (κ2) is 8.28. The van der Waals surface area contributed by atoms with Crippen LogP contribution in [-0.4, -0.2) is 23.4 Å². The lowest BCUT2D eigenvalue weighted by Crippen LogP contribution is -2.17. The molecule has 148 valence electrons. The standard InChI is InChI=1S/C19H19ClN2O5S/c1-3-27-19(24)16-12-6-4-10(2)8-15(12)28-18(16)21-17(23)13-9-11(20)5-7-14(13)22(25)26/h5,7,9-10H,3-4,6,8H2,1-2H3,(H,21,23)/t10-/m1/s1. The molecule has 1 N–H and O–H groups in total. The molecule has 2 aromatic rings. The van der Waals surface area contributed by atoms with Crippen LogP contribution in [0.3, 0.4) is 0 Å². The summed E-state index contributed by atoms with van der Waals surface area (Å²) >= 11 is 7.24. The van der Waals surface area contributed by atoms with Gasteiger partial charge in [0.25, 0.3) is 11.6 Å². The first-order valence-electron chi connectivity index (χ1n) is 8.88. The van der Waals surface area contributed by atoms with Crippen LogP contribution >= 0.6 is 22.9 Å². The molecule has 0 spiro atoms. The predicted molar refractivity (Wildman–Crippen MR) is 108 cm³/mol. The lowest BCUT2D eigenvalue weighted by atomic mass is 9.88. The number of halogens is 1. The summed E-state index contributed by atoms with van der Waals surface area (Å²) in [4.78, 5) is 37.0. The molecular weight excluding hydrogens is 404 g/mol. The van der Waals surface area contributed by atoms with Gasteiger partial charge in [0.2, 0.25) is 0 Å². The smallest absolute Gasteiger partial charge is 0.341 e. The number of hydrogen-bond donors (Lipinski definition) is 1. The van der Waals surface area contributed by atoms with Crippen LogP contribution in [0.15, 0.2) is 18.2 Å². The maximum Gasteiger partial charge on any atom is 0.341 e. The van der Waals surface area contributed by atoms with E-state index >= 15 is 0 Å². The number of nitrogens with one attached hydrogen (secondary N) is 1. The molecule has 0 fully saturated rings. The molecule has 28 heavy (non-hydrogen) atoms. The van der Waals surface area contributed by atoms with Gasteiger partial charge in [-0.2, -0.15) is 0 Å². The van der Waals surface area contributed by atoms with Crippen molar-refractivity contribution in [2.45, 2.75) is 33.1 Å². The number of amides is 1. The Bertz CT molecular complexity index is 956. The fourth-order valence-corrected chi connectivity index (χ4v) is 4.84. The zero-order valence-corrected chi connectivity index (χ0v) is 17.0. The van der Waals surface area contributed by atoms with E-state index in [4.69, 9.17) is 16.3 Å². The van der Waals surface area contributed by atoms with Crippen molar-refractivity contribution in [1.82, 2.24) is 0 Å². The highest BCUT2D eigenvalue weighted by molar-refractivity contribution is 7.17. The summed E-state index contributed by atoms with van der Waals surface area (Å²) in [5.41, 5.74) is 0.741. The number of benzene rings is 1. The van der Waals surface area contributed by atoms with Crippen LogP contribution in [0, 0.1) is 16.0 Å². The number of nitro groups is 1. The fraction of sp³-hybridized carbons (Fsp3) is 0.368. The van der Waals surface area contributed by atoms with Crippen molar-refractivity contribution >= 4 is 45.5 Å². The van der Waals surface area contributed by atoms with Crippen LogP contribution < -0.4 is 5.32 Å². The Hall–Kier alpha value is -2.45. The molecular formula is C19H19ClN2O5S. The summed E-state index contributed by atoms with van der Waals surface area (Å²) in [6.45, 7) is 4.07. The maximum absolute atomic E-state index is 12.8. The van der Waals surface area contributed by atoms with Crippen LogP contribution in [0.2, 0.25) is 5.02 Å². The summed E-state index contributed by atoms with van der Waals surface area (Å²) in [5, 5.41) is 14.5. The minimum atomic E-state index is -0.689. The predicted octanol–water partition coefficient (Wildman–Crippen LogP) is 4.86. The lowest BCUT2D eigenvalue weighted by Gasteiger charge is -2.18. The maximum atomic E-state index is 12.8. The van der Waals surface area contributed by atoms with Crippen LogP contribution in [-0.2, 0) is 17.6 Å². The van der Waals surface area contributed by atoms with Gasteiger partial charge in [0, 0.05) is 16.0 Å². The van der Waals surface area contributed by atoms with Gasteiger partial charge < -0.3 is 10.1 Å². The number of carbonyl (C=O) groups excluding carboxylic acids is 2. The summed E-state index contributed by atoms with van der Waals surface area (Å²) in [5.74, 6) is -0.699. The Morgan fingerprint density at radius 3 is 2.86 bits per heavy atom. The number of rotatable bonds is 5. The molecule has 1 aliphatic carbocycles. The number of anilines is 1. The first-order chi connectivity index (χ1) is 13.3. The zero-order chi connectivity index (χ0) is 20.4. The topological polar surface area (TPSA) is 98.5 Å². The average molecular weight is 423 g/mol. The van der Waals surface area contributed by atoms with E-state index in [2.05, 4.69) is 12.2 Å². The van der Waals surface area contributed by atoms with Gasteiger partial charge in [-0.3, -0.25) is 14.9 Å². The number of nitro benzene ring substituents is 1. The lowest BCUT2D eigenvalue weighted by molar-refractivity contribution is -0.385. The van der Waals surface area contributed by atoms with Crippen molar-refractivity contribution in [1.29, 1.82) is 0 Å². The summed E-state index contributed by atoms with van der Waals surface area (Å²) in [6.07, 6.45) is 2.50. The number of nitrogens with zero attached hydrogens (tertiary/aromatic N) is 1. The van der Waals surface area contributed by atoms with Crippen LogP contribution in [0.1, 0.15) is 51.4 Å². The highest BCUT2D eigenvalue weighted by Gasteiger charge is 2.30. The number of carbonyl (C=O) groups is 2. The number of esters is 1. The second-order valence-corrected chi connectivity index (χ2v) is 8.19. The van der Waals surface area contributed by atoms with Crippen LogP contribution in [0.4, 0.5) is 10.7 Å². The molecule has 9 heteroatoms. The van der Waals surface area contributed by atoms with Gasteiger partial charge in [-0.15, -0.1) is 11.3 Å². The van der Waals surface area contributed by atoms with Crippen LogP contribution in [0.25, 0.3) is 0 Å². The van der Waals surface area contributed by atoms with Crippen molar-refractivity contribution in [2.75, 3.05) is 11.9 Å². The third kappa shape index (κ3) is 4.02. The Labute approximate surface area is 170 Å². The zero-order valence-electron chi connectivity index (χ0n) is 15.4. The molecule has 0 radical (unpaired) electrons. The molecule has 1 atom stereocenters. The third-order valence-electron chi connectivity index (χ3n) is 4.62. The van der Waals surface area contributed by atoms with Crippen molar-refractivity contribution in [2.24, 2.45) is 5.92 Å². The van der Waals surface area contributed by atoms with Gasteiger partial charge in [0.15, 0.2) is 0 Å². The summed E-state index contributed by atoms with van der Waals surface area (Å²) < 4.78 is 5.18. The van der Waals surface area contributed by atoms with E-state index in [1.54, 1.807) is 6.92 Å². The molecule has 1 amide bonds. The monoisotopic (exact) mass is 422 g/mol. The normalized spacial score (nSPS) is 15.6. The number of thiophene rings is 1. The molecule has 0 bridgehead atoms. The van der Waals surface area contributed by atoms with Gasteiger partial charge >= 0.3 is 5.97 Å². The summed E-state index contributed by atoms with van der Waals surface area (Å²) in [6, 6.07) is 3.78. The van der Waals surface area contributed by atoms with Crippen LogP contribution in [0.5, 0.6) is 0 Å². The Morgan fingerprint density at radius 1 is 1.43 bits per heavy atom. The van der Waals surface area contributed by atoms with Gasteiger partial charge in [-0.1, -0.05) is 18.5 Å². The summed E-state index contributed by atoms with van der Waals surface area (Å²) in [7, 11) is 0. The van der Waals surface area contributed by atoms with Gasteiger partial charge in [0.1, 0.15) is 10.6 Å². The van der Waals surface area contributed by atoms with E-state index in [9.17, 15) is 19.7 Å². The van der Waals surface area contributed by atoms with Gasteiger partial charge in [-0.05, 0) is 49.8 Å². The van der Waals surface area contributed by atoms with E-state index in [1.807, 2.05) is 0 Å². The average Bonchev–Trinajstić information content (AvgIpc) is 2.98. The van der Waals surface area contributed by atoms with Gasteiger partial charge in [-0.25, -0.2) is 4.79 Å². The Balaban J connectivity index is 2.00.